The molecule has 0 unspecified atom stereocenters. The number of nitrogens with zero attached hydrogens (tertiary/aromatic N) is 2. The number of aromatic carboxylic acids is 1. The third-order valence-corrected chi connectivity index (χ3v) is 1.40. The highest BCUT2D eigenvalue weighted by Crippen LogP contribution is 2.07. The summed E-state index contributed by atoms with van der Waals surface area (Å²) in [7, 11) is 1.45. The molecule has 13 heavy (non-hydrogen) atoms. The number of aromatic nitrogens is 2. The van der Waals surface area contributed by atoms with Crippen molar-refractivity contribution < 1.29 is 14.6 Å². The first-order chi connectivity index (χ1) is 6.15. The smallest absolute Gasteiger partial charge is 0.339 e. The number of hydrogen-bond donors (Lipinski definition) is 2. The van der Waals surface area contributed by atoms with Gasteiger partial charge in [-0.2, -0.15) is 0 Å². The van der Waals surface area contributed by atoms with Crippen molar-refractivity contribution in [2.45, 2.75) is 6.61 Å². The average molecular weight is 183 g/mol. The Balaban J connectivity index is 3.10. The van der Waals surface area contributed by atoms with E-state index in [1.807, 2.05) is 0 Å². The standard InChI is InChI=1S/C7H9N3O3/c1-13-3-5-4(6(11)12)2-9-7(8)10-5/h2H,3H2,1H3,(H,11,12)(H2,8,9,10). The predicted octanol–water partition coefficient (Wildman–Crippen LogP) is -0.0966. The van der Waals surface area contributed by atoms with Crippen LogP contribution in [-0.4, -0.2) is 28.2 Å². The van der Waals surface area contributed by atoms with Crippen molar-refractivity contribution in [1.29, 1.82) is 0 Å². The SMILES string of the molecule is COCc1nc(N)ncc1C(=O)O. The molecule has 0 bridgehead atoms. The first kappa shape index (κ1) is 9.40. The molecule has 1 aromatic rings. The molecule has 0 fully saturated rings. The van der Waals surface area contributed by atoms with Gasteiger partial charge in [0.1, 0.15) is 5.56 Å². The zero-order valence-corrected chi connectivity index (χ0v) is 7.02. The van der Waals surface area contributed by atoms with Gasteiger partial charge in [0.25, 0.3) is 0 Å². The summed E-state index contributed by atoms with van der Waals surface area (Å²) >= 11 is 0. The van der Waals surface area contributed by atoms with E-state index in [4.69, 9.17) is 15.6 Å². The van der Waals surface area contributed by atoms with Crippen molar-refractivity contribution in [2.75, 3.05) is 12.8 Å². The summed E-state index contributed by atoms with van der Waals surface area (Å²) in [5, 5.41) is 8.71. The quantitative estimate of drug-likeness (QED) is 0.679. The monoisotopic (exact) mass is 183 g/mol. The number of hydrogen-bond acceptors (Lipinski definition) is 5. The maximum atomic E-state index is 10.6. The van der Waals surface area contributed by atoms with Gasteiger partial charge < -0.3 is 15.6 Å². The molecule has 0 aromatic carbocycles. The lowest BCUT2D eigenvalue weighted by atomic mass is 10.2. The minimum absolute atomic E-state index is 0.0102. The number of carboxylic acid groups (broad SMARTS) is 1. The summed E-state index contributed by atoms with van der Waals surface area (Å²) in [5.41, 5.74) is 5.58. The zero-order valence-electron chi connectivity index (χ0n) is 7.02. The third-order valence-electron chi connectivity index (χ3n) is 1.40. The van der Waals surface area contributed by atoms with Crippen molar-refractivity contribution in [2.24, 2.45) is 0 Å². The van der Waals surface area contributed by atoms with E-state index in [0.29, 0.717) is 0 Å². The molecule has 6 nitrogen and oxygen atoms in total. The van der Waals surface area contributed by atoms with Crippen LogP contribution in [0.1, 0.15) is 16.1 Å². The van der Waals surface area contributed by atoms with Crippen LogP contribution in [0.3, 0.4) is 0 Å². The van der Waals surface area contributed by atoms with Crippen molar-refractivity contribution in [3.8, 4) is 0 Å². The molecule has 0 amide bonds. The Kier molecular flexibility index (Phi) is 2.76. The number of rotatable bonds is 3. The molecule has 3 N–H and O–H groups in total. The second-order valence-electron chi connectivity index (χ2n) is 2.33. The highest BCUT2D eigenvalue weighted by atomic mass is 16.5. The molecule has 1 aromatic heterocycles. The third kappa shape index (κ3) is 2.12. The van der Waals surface area contributed by atoms with Gasteiger partial charge in [-0.15, -0.1) is 0 Å². The largest absolute Gasteiger partial charge is 0.478 e. The van der Waals surface area contributed by atoms with Gasteiger partial charge in [0.15, 0.2) is 0 Å². The lowest BCUT2D eigenvalue weighted by molar-refractivity contribution is 0.0690. The number of methoxy groups -OCH3 is 1. The van der Waals surface area contributed by atoms with E-state index in [-0.39, 0.29) is 23.8 Å². The first-order valence-electron chi connectivity index (χ1n) is 3.48. The molecule has 6 heteroatoms. The van der Waals surface area contributed by atoms with Gasteiger partial charge in [-0.25, -0.2) is 14.8 Å². The van der Waals surface area contributed by atoms with Gasteiger partial charge in [-0.3, -0.25) is 0 Å². The normalized spacial score (nSPS) is 9.92. The van der Waals surface area contributed by atoms with E-state index in [0.717, 1.165) is 0 Å². The molecule has 0 aliphatic heterocycles. The maximum Gasteiger partial charge on any atom is 0.339 e. The highest BCUT2D eigenvalue weighted by Gasteiger charge is 2.11. The Hall–Kier alpha value is -1.69. The average Bonchev–Trinajstić information content (AvgIpc) is 2.04. The summed E-state index contributed by atoms with van der Waals surface area (Å²) in [4.78, 5) is 18.0. The summed E-state index contributed by atoms with van der Waals surface area (Å²) in [6.45, 7) is 0.106. The zero-order chi connectivity index (χ0) is 9.84. The van der Waals surface area contributed by atoms with Crippen LogP contribution in [-0.2, 0) is 11.3 Å². The number of carboxylic acids is 1. The summed E-state index contributed by atoms with van der Waals surface area (Å²) in [6.07, 6.45) is 1.17. The van der Waals surface area contributed by atoms with Gasteiger partial charge in [0.2, 0.25) is 5.95 Å². The molecule has 1 rings (SSSR count). The number of carbonyl (C=O) groups is 1. The van der Waals surface area contributed by atoms with Gasteiger partial charge in [0.05, 0.1) is 12.3 Å². The van der Waals surface area contributed by atoms with E-state index < -0.39 is 5.97 Å². The fraction of sp³-hybridized carbons (Fsp3) is 0.286. The van der Waals surface area contributed by atoms with Crippen LogP contribution < -0.4 is 5.73 Å². The van der Waals surface area contributed by atoms with Crippen molar-refractivity contribution >= 4 is 11.9 Å². The fourth-order valence-corrected chi connectivity index (χ4v) is 0.858. The second-order valence-corrected chi connectivity index (χ2v) is 2.33. The van der Waals surface area contributed by atoms with E-state index in [1.54, 1.807) is 0 Å². The van der Waals surface area contributed by atoms with Crippen LogP contribution in [0, 0.1) is 0 Å². The highest BCUT2D eigenvalue weighted by molar-refractivity contribution is 5.88. The fourth-order valence-electron chi connectivity index (χ4n) is 0.858. The molecule has 0 radical (unpaired) electrons. The number of anilines is 1. The van der Waals surface area contributed by atoms with Crippen LogP contribution in [0.25, 0.3) is 0 Å². The lowest BCUT2D eigenvalue weighted by Crippen LogP contribution is -2.09. The first-order valence-corrected chi connectivity index (χ1v) is 3.48. The van der Waals surface area contributed by atoms with Crippen molar-refractivity contribution in [3.63, 3.8) is 0 Å². The maximum absolute atomic E-state index is 10.6. The van der Waals surface area contributed by atoms with E-state index in [1.165, 1.54) is 13.3 Å². The van der Waals surface area contributed by atoms with E-state index in [9.17, 15) is 4.79 Å². The van der Waals surface area contributed by atoms with Gasteiger partial charge in [0, 0.05) is 13.3 Å². The summed E-state index contributed by atoms with van der Waals surface area (Å²) < 4.78 is 4.76. The number of nitrogens with two attached hydrogens (primary N) is 1. The summed E-state index contributed by atoms with van der Waals surface area (Å²) in [5.74, 6) is -1.05. The molecule has 0 aliphatic carbocycles. The number of nitrogen functional groups attached to an aromatic ring is 1. The molecular formula is C7H9N3O3. The molecule has 0 saturated carbocycles. The minimum atomic E-state index is -1.09. The van der Waals surface area contributed by atoms with Gasteiger partial charge >= 0.3 is 5.97 Å². The Morgan fingerprint density at radius 1 is 1.77 bits per heavy atom. The minimum Gasteiger partial charge on any atom is -0.478 e. The van der Waals surface area contributed by atoms with E-state index in [2.05, 4.69) is 9.97 Å². The molecule has 70 valence electrons. The topological polar surface area (TPSA) is 98.3 Å². The van der Waals surface area contributed by atoms with Crippen LogP contribution in [0.4, 0.5) is 5.95 Å². The van der Waals surface area contributed by atoms with Gasteiger partial charge in [-0.1, -0.05) is 0 Å². The Morgan fingerprint density at radius 3 is 3.00 bits per heavy atom. The molecule has 0 spiro atoms. The van der Waals surface area contributed by atoms with Crippen LogP contribution in [0.15, 0.2) is 6.20 Å². The van der Waals surface area contributed by atoms with Crippen LogP contribution >= 0.6 is 0 Å². The predicted molar refractivity (Wildman–Crippen MR) is 44.1 cm³/mol. The van der Waals surface area contributed by atoms with E-state index >= 15 is 0 Å². The second kappa shape index (κ2) is 3.81. The Labute approximate surface area is 74.4 Å². The Morgan fingerprint density at radius 2 is 2.46 bits per heavy atom. The lowest BCUT2D eigenvalue weighted by Gasteiger charge is -2.03. The molecule has 1 heterocycles. The van der Waals surface area contributed by atoms with Gasteiger partial charge in [-0.05, 0) is 0 Å². The number of ether oxygens (including phenoxy) is 1. The van der Waals surface area contributed by atoms with Crippen LogP contribution in [0.2, 0.25) is 0 Å². The van der Waals surface area contributed by atoms with Crippen LogP contribution in [0.5, 0.6) is 0 Å². The Bertz CT molecular complexity index is 327. The molecular weight excluding hydrogens is 174 g/mol. The molecule has 0 saturated heterocycles. The van der Waals surface area contributed by atoms with Crippen molar-refractivity contribution in [1.82, 2.24) is 9.97 Å². The van der Waals surface area contributed by atoms with Crippen molar-refractivity contribution in [3.05, 3.63) is 17.5 Å². The summed E-state index contributed by atoms with van der Waals surface area (Å²) in [6, 6.07) is 0. The molecule has 0 aliphatic rings. The molecule has 0 atom stereocenters.